The largest absolute Gasteiger partial charge is 0.471 e. The molecule has 0 bridgehead atoms. The molecule has 27 heavy (non-hydrogen) atoms. The number of aromatic nitrogens is 2. The Kier molecular flexibility index (Phi) is 4.63. The Hall–Kier alpha value is -2.42. The van der Waals surface area contributed by atoms with Gasteiger partial charge in [-0.3, -0.25) is 4.79 Å². The number of halogens is 3. The fourth-order valence-corrected chi connectivity index (χ4v) is 3.82. The first-order valence-corrected chi connectivity index (χ1v) is 8.93. The van der Waals surface area contributed by atoms with Crippen molar-refractivity contribution in [2.24, 2.45) is 11.8 Å². The molecular weight excluding hydrogens is 361 g/mol. The van der Waals surface area contributed by atoms with E-state index in [1.54, 1.807) is 12.1 Å². The molecule has 2 saturated heterocycles. The number of likely N-dealkylation sites (tertiary alicyclic amines) is 1. The highest BCUT2D eigenvalue weighted by Crippen LogP contribution is 2.30. The van der Waals surface area contributed by atoms with Gasteiger partial charge in [0.05, 0.1) is 0 Å². The first-order chi connectivity index (χ1) is 12.9. The molecule has 0 unspecified atom stereocenters. The highest BCUT2D eigenvalue weighted by Gasteiger charge is 2.38. The van der Waals surface area contributed by atoms with E-state index in [-0.39, 0.29) is 11.7 Å². The van der Waals surface area contributed by atoms with Gasteiger partial charge in [-0.05, 0) is 49.9 Å². The van der Waals surface area contributed by atoms with Gasteiger partial charge in [-0.2, -0.15) is 18.2 Å². The predicted octanol–water partition coefficient (Wildman–Crippen LogP) is 2.83. The van der Waals surface area contributed by atoms with Crippen LogP contribution in [0.4, 0.5) is 13.2 Å². The minimum Gasteiger partial charge on any atom is -0.339 e. The number of carbonyl (C=O) groups excluding carboxylic acids is 1. The van der Waals surface area contributed by atoms with Crippen LogP contribution in [0.3, 0.4) is 0 Å². The van der Waals surface area contributed by atoms with E-state index in [2.05, 4.69) is 20.0 Å². The summed E-state index contributed by atoms with van der Waals surface area (Å²) in [5, 5.41) is 6.76. The van der Waals surface area contributed by atoms with Gasteiger partial charge in [0.15, 0.2) is 0 Å². The van der Waals surface area contributed by atoms with Crippen molar-refractivity contribution in [3.8, 4) is 11.4 Å². The second kappa shape index (κ2) is 6.95. The Labute approximate surface area is 153 Å². The van der Waals surface area contributed by atoms with Crippen molar-refractivity contribution in [1.29, 1.82) is 0 Å². The molecule has 2 atom stereocenters. The summed E-state index contributed by atoms with van der Waals surface area (Å²) in [4.78, 5) is 18.0. The molecular formula is C18H19F3N4O2. The molecule has 0 aliphatic carbocycles. The van der Waals surface area contributed by atoms with Gasteiger partial charge in [-0.15, -0.1) is 0 Å². The number of rotatable bonds is 2. The first-order valence-electron chi connectivity index (χ1n) is 8.93. The first kappa shape index (κ1) is 18.0. The molecule has 1 amide bonds. The molecule has 1 N–H and O–H groups in total. The molecule has 1 aromatic heterocycles. The smallest absolute Gasteiger partial charge is 0.339 e. The highest BCUT2D eigenvalue weighted by atomic mass is 19.4. The van der Waals surface area contributed by atoms with Gasteiger partial charge in [-0.25, -0.2) is 0 Å². The Bertz CT molecular complexity index is 805. The van der Waals surface area contributed by atoms with E-state index < -0.39 is 12.1 Å². The lowest BCUT2D eigenvalue weighted by molar-refractivity contribution is -0.159. The molecule has 1 aromatic carbocycles. The molecule has 2 fully saturated rings. The average molecular weight is 380 g/mol. The summed E-state index contributed by atoms with van der Waals surface area (Å²) in [6, 6.07) is 6.26. The van der Waals surface area contributed by atoms with Gasteiger partial charge in [0, 0.05) is 24.2 Å². The van der Waals surface area contributed by atoms with Crippen LogP contribution >= 0.6 is 0 Å². The lowest BCUT2D eigenvalue weighted by atomic mass is 9.92. The van der Waals surface area contributed by atoms with Crippen LogP contribution in [0.2, 0.25) is 0 Å². The maximum Gasteiger partial charge on any atom is 0.471 e. The third kappa shape index (κ3) is 3.69. The number of nitrogens with zero attached hydrogens (tertiary/aromatic N) is 3. The Morgan fingerprint density at radius 3 is 2.30 bits per heavy atom. The van der Waals surface area contributed by atoms with E-state index in [4.69, 9.17) is 0 Å². The minimum absolute atomic E-state index is 0.0569. The van der Waals surface area contributed by atoms with Crippen molar-refractivity contribution in [1.82, 2.24) is 20.4 Å². The van der Waals surface area contributed by atoms with Crippen molar-refractivity contribution >= 4 is 5.91 Å². The zero-order valence-electron chi connectivity index (χ0n) is 14.5. The maximum atomic E-state index is 12.8. The molecule has 144 valence electrons. The maximum absolute atomic E-state index is 12.8. The normalized spacial score (nSPS) is 23.1. The lowest BCUT2D eigenvalue weighted by Crippen LogP contribution is -2.32. The van der Waals surface area contributed by atoms with Crippen LogP contribution < -0.4 is 5.32 Å². The van der Waals surface area contributed by atoms with E-state index in [0.29, 0.717) is 23.0 Å². The molecule has 6 nitrogen and oxygen atoms in total. The fraction of sp³-hybridized carbons (Fsp3) is 0.500. The van der Waals surface area contributed by atoms with Crippen molar-refractivity contribution in [3.63, 3.8) is 0 Å². The van der Waals surface area contributed by atoms with Crippen molar-refractivity contribution < 1.29 is 22.5 Å². The lowest BCUT2D eigenvalue weighted by Gasteiger charge is -2.21. The number of nitrogens with one attached hydrogen (secondary N) is 1. The molecule has 4 rings (SSSR count). The molecule has 2 aromatic rings. The molecule has 9 heteroatoms. The van der Waals surface area contributed by atoms with Gasteiger partial charge < -0.3 is 14.7 Å². The number of amides is 1. The van der Waals surface area contributed by atoms with Crippen molar-refractivity contribution in [3.05, 3.63) is 35.7 Å². The monoisotopic (exact) mass is 380 g/mol. The Morgan fingerprint density at radius 2 is 1.74 bits per heavy atom. The van der Waals surface area contributed by atoms with E-state index in [0.717, 1.165) is 39.0 Å². The summed E-state index contributed by atoms with van der Waals surface area (Å²) in [5.74, 6) is -0.338. The number of alkyl halides is 3. The van der Waals surface area contributed by atoms with Crippen LogP contribution in [-0.4, -0.2) is 47.1 Å². The van der Waals surface area contributed by atoms with E-state index in [1.807, 2.05) is 4.90 Å². The minimum atomic E-state index is -4.68. The van der Waals surface area contributed by atoms with Crippen LogP contribution in [0.1, 0.15) is 29.1 Å². The zero-order valence-corrected chi connectivity index (χ0v) is 14.5. The molecule has 0 spiro atoms. The van der Waals surface area contributed by atoms with Crippen LogP contribution in [0.5, 0.6) is 0 Å². The van der Waals surface area contributed by atoms with Crippen LogP contribution in [0.15, 0.2) is 28.8 Å². The van der Waals surface area contributed by atoms with Gasteiger partial charge in [-0.1, -0.05) is 17.3 Å². The van der Waals surface area contributed by atoms with Gasteiger partial charge in [0.25, 0.3) is 5.91 Å². The molecule has 2 aliphatic rings. The number of hydrogen-bond donors (Lipinski definition) is 1. The molecule has 0 radical (unpaired) electrons. The number of hydrogen-bond acceptors (Lipinski definition) is 5. The summed E-state index contributed by atoms with van der Waals surface area (Å²) in [7, 11) is 0. The van der Waals surface area contributed by atoms with Gasteiger partial charge in [0.1, 0.15) is 0 Å². The van der Waals surface area contributed by atoms with Crippen molar-refractivity contribution in [2.45, 2.75) is 19.0 Å². The van der Waals surface area contributed by atoms with Gasteiger partial charge in [0.2, 0.25) is 5.82 Å². The fourth-order valence-electron chi connectivity index (χ4n) is 3.82. The molecule has 0 saturated carbocycles. The average Bonchev–Trinajstić information content (AvgIpc) is 3.27. The quantitative estimate of drug-likeness (QED) is 0.868. The summed E-state index contributed by atoms with van der Waals surface area (Å²) < 4.78 is 41.9. The third-order valence-electron chi connectivity index (χ3n) is 5.37. The number of fused-ring (bicyclic) bond motifs is 1. The summed E-state index contributed by atoms with van der Waals surface area (Å²) in [6.45, 7) is 3.49. The summed E-state index contributed by atoms with van der Waals surface area (Å²) in [5.41, 5.74) is 0.866. The highest BCUT2D eigenvalue weighted by molar-refractivity contribution is 5.94. The van der Waals surface area contributed by atoms with Crippen molar-refractivity contribution in [2.75, 3.05) is 26.2 Å². The van der Waals surface area contributed by atoms with Crippen LogP contribution in [0.25, 0.3) is 11.4 Å². The predicted molar refractivity (Wildman–Crippen MR) is 89.7 cm³/mol. The molecule has 3 heterocycles. The topological polar surface area (TPSA) is 71.3 Å². The number of benzene rings is 1. The second-order valence-electron chi connectivity index (χ2n) is 7.05. The van der Waals surface area contributed by atoms with Crippen LogP contribution in [0, 0.1) is 11.8 Å². The van der Waals surface area contributed by atoms with Gasteiger partial charge >= 0.3 is 12.1 Å². The zero-order chi connectivity index (χ0) is 19.0. The Morgan fingerprint density at radius 1 is 1.11 bits per heavy atom. The Balaban J connectivity index is 1.45. The number of carbonyl (C=O) groups is 1. The second-order valence-corrected chi connectivity index (χ2v) is 7.05. The third-order valence-corrected chi connectivity index (χ3v) is 5.37. The van der Waals surface area contributed by atoms with E-state index in [9.17, 15) is 18.0 Å². The van der Waals surface area contributed by atoms with E-state index in [1.165, 1.54) is 12.1 Å². The summed E-state index contributed by atoms with van der Waals surface area (Å²) in [6.07, 6.45) is -2.70. The molecule has 2 aliphatic heterocycles. The SMILES string of the molecule is O=C(c1ccc(-c2noc(C(F)(F)F)n2)cc1)N1CC[C@@H]2CNC[C@@H]2CC1. The van der Waals surface area contributed by atoms with Crippen LogP contribution in [-0.2, 0) is 6.18 Å². The van der Waals surface area contributed by atoms with E-state index >= 15 is 0 Å². The standard InChI is InChI=1S/C18H19F3N4O2/c19-18(20,21)17-23-15(24-27-17)11-1-3-12(4-2-11)16(26)25-7-5-13-9-22-10-14(13)6-8-25/h1-4,13-14,22H,5-10H2/t13-,14+. The summed E-state index contributed by atoms with van der Waals surface area (Å²) >= 11 is 0.